The molecular weight excluding hydrogens is 635 g/mol. The van der Waals surface area contributed by atoms with Crippen LogP contribution in [0.15, 0.2) is 72.8 Å². The van der Waals surface area contributed by atoms with Crippen LogP contribution >= 0.6 is 7.60 Å². The summed E-state index contributed by atoms with van der Waals surface area (Å²) in [7, 11) is -3.80. The standard InChI is InChI=1S/C45H69O4P/c1-3-5-7-9-11-13-15-17-19-27-33-48-45-43(35-40-29-23-21-24-30-40)37-42(38-44(45)36-41-31-25-22-26-32-41)39-50(46,47)49-34-28-20-18-16-14-12-10-8-6-4-2/h21-26,29-32,37-38H,3-20,27-28,33-36,39H2,1-2H3,(H,46,47). The van der Waals surface area contributed by atoms with Gasteiger partial charge in [0.25, 0.3) is 0 Å². The second kappa shape index (κ2) is 26.4. The highest BCUT2D eigenvalue weighted by Crippen LogP contribution is 2.47. The van der Waals surface area contributed by atoms with Gasteiger partial charge in [-0.3, -0.25) is 4.57 Å². The Hall–Kier alpha value is -2.39. The van der Waals surface area contributed by atoms with Crippen LogP contribution < -0.4 is 4.74 Å². The summed E-state index contributed by atoms with van der Waals surface area (Å²) in [4.78, 5) is 11.0. The number of unbranched alkanes of at least 4 members (excludes halogenated alkanes) is 18. The third-order valence-corrected chi connectivity index (χ3v) is 11.0. The molecule has 278 valence electrons. The summed E-state index contributed by atoms with van der Waals surface area (Å²) >= 11 is 0. The van der Waals surface area contributed by atoms with Gasteiger partial charge in [0.15, 0.2) is 0 Å². The molecule has 0 bridgehead atoms. The summed E-state index contributed by atoms with van der Waals surface area (Å²) in [5, 5.41) is 0. The zero-order valence-corrected chi connectivity index (χ0v) is 32.6. The van der Waals surface area contributed by atoms with Gasteiger partial charge in [0.2, 0.25) is 0 Å². The molecule has 1 atom stereocenters. The SMILES string of the molecule is CCCCCCCCCCCCOc1c(Cc2ccccc2)cc(CP(=O)(O)OCCCCCCCCCCCC)cc1Cc1ccccc1. The normalized spacial score (nSPS) is 12.6. The Morgan fingerprint density at radius 1 is 0.500 bits per heavy atom. The summed E-state index contributed by atoms with van der Waals surface area (Å²) < 4.78 is 25.7. The van der Waals surface area contributed by atoms with Crippen LogP contribution in [0.25, 0.3) is 0 Å². The van der Waals surface area contributed by atoms with E-state index >= 15 is 0 Å². The van der Waals surface area contributed by atoms with Crippen LogP contribution in [0.3, 0.4) is 0 Å². The first-order valence-electron chi connectivity index (χ1n) is 20.3. The molecule has 0 amide bonds. The molecule has 3 aromatic carbocycles. The number of rotatable bonds is 30. The van der Waals surface area contributed by atoms with Gasteiger partial charge in [-0.15, -0.1) is 0 Å². The van der Waals surface area contributed by atoms with Gasteiger partial charge in [-0.1, -0.05) is 202 Å². The molecule has 5 heteroatoms. The lowest BCUT2D eigenvalue weighted by molar-refractivity contribution is 0.251. The lowest BCUT2D eigenvalue weighted by atomic mass is 9.95. The molecule has 0 spiro atoms. The highest BCUT2D eigenvalue weighted by atomic mass is 31.2. The molecule has 0 aliphatic heterocycles. The summed E-state index contributed by atoms with van der Waals surface area (Å²) in [5.41, 5.74) is 5.37. The van der Waals surface area contributed by atoms with Gasteiger partial charge >= 0.3 is 7.60 Å². The van der Waals surface area contributed by atoms with E-state index in [0.717, 1.165) is 41.7 Å². The average Bonchev–Trinajstić information content (AvgIpc) is 3.11. The fraction of sp³-hybridized carbons (Fsp3) is 0.600. The maximum atomic E-state index is 13.4. The Morgan fingerprint density at radius 3 is 1.30 bits per heavy atom. The van der Waals surface area contributed by atoms with Gasteiger partial charge in [-0.05, 0) is 40.7 Å². The Balaban J connectivity index is 1.63. The zero-order chi connectivity index (χ0) is 35.5. The monoisotopic (exact) mass is 704 g/mol. The number of hydrogen-bond donors (Lipinski definition) is 1. The predicted molar refractivity (Wildman–Crippen MR) is 214 cm³/mol. The molecular formula is C45H69O4P. The molecule has 1 N–H and O–H groups in total. The maximum Gasteiger partial charge on any atom is 0.332 e. The van der Waals surface area contributed by atoms with E-state index in [4.69, 9.17) is 9.26 Å². The summed E-state index contributed by atoms with van der Waals surface area (Å²) in [5.74, 6) is 0.927. The minimum atomic E-state index is -3.80. The lowest BCUT2D eigenvalue weighted by Gasteiger charge is -2.20. The van der Waals surface area contributed by atoms with E-state index in [-0.39, 0.29) is 6.16 Å². The fourth-order valence-electron chi connectivity index (χ4n) is 6.83. The molecule has 50 heavy (non-hydrogen) atoms. The lowest BCUT2D eigenvalue weighted by Crippen LogP contribution is -2.07. The smallest absolute Gasteiger partial charge is 0.332 e. The fourth-order valence-corrected chi connectivity index (χ4v) is 7.98. The summed E-state index contributed by atoms with van der Waals surface area (Å²) in [6.07, 6.45) is 26.5. The van der Waals surface area contributed by atoms with Crippen molar-refractivity contribution in [2.24, 2.45) is 0 Å². The highest BCUT2D eigenvalue weighted by Gasteiger charge is 2.23. The largest absolute Gasteiger partial charge is 0.493 e. The van der Waals surface area contributed by atoms with Crippen molar-refractivity contribution in [3.8, 4) is 5.75 Å². The van der Waals surface area contributed by atoms with Gasteiger partial charge in [-0.2, -0.15) is 0 Å². The van der Waals surface area contributed by atoms with E-state index in [1.165, 1.54) is 120 Å². The van der Waals surface area contributed by atoms with Crippen LogP contribution in [0.4, 0.5) is 0 Å². The van der Waals surface area contributed by atoms with Crippen LogP contribution in [-0.2, 0) is 28.1 Å². The maximum absolute atomic E-state index is 13.4. The average molecular weight is 705 g/mol. The molecule has 0 aromatic heterocycles. The second-order valence-corrected chi connectivity index (χ2v) is 16.3. The highest BCUT2D eigenvalue weighted by molar-refractivity contribution is 7.51. The zero-order valence-electron chi connectivity index (χ0n) is 31.7. The number of hydrogen-bond acceptors (Lipinski definition) is 3. The van der Waals surface area contributed by atoms with Crippen LogP contribution in [0.1, 0.15) is 170 Å². The Bertz CT molecular complexity index is 1250. The van der Waals surface area contributed by atoms with Crippen molar-refractivity contribution >= 4 is 7.60 Å². The quantitative estimate of drug-likeness (QED) is 0.0554. The van der Waals surface area contributed by atoms with Crippen LogP contribution in [0.5, 0.6) is 5.75 Å². The molecule has 0 heterocycles. The topological polar surface area (TPSA) is 55.8 Å². The van der Waals surface area contributed by atoms with Gasteiger partial charge in [-0.25, -0.2) is 0 Å². The molecule has 0 saturated heterocycles. The van der Waals surface area contributed by atoms with Crippen molar-refractivity contribution in [1.29, 1.82) is 0 Å². The van der Waals surface area contributed by atoms with Crippen LogP contribution in [0.2, 0.25) is 0 Å². The third-order valence-electron chi connectivity index (χ3n) is 9.69. The van der Waals surface area contributed by atoms with E-state index in [0.29, 0.717) is 26.1 Å². The van der Waals surface area contributed by atoms with Gasteiger partial charge < -0.3 is 14.2 Å². The molecule has 3 rings (SSSR count). The van der Waals surface area contributed by atoms with E-state index in [2.05, 4.69) is 74.5 Å². The number of benzene rings is 3. The minimum absolute atomic E-state index is 0.00701. The molecule has 0 aliphatic rings. The van der Waals surface area contributed by atoms with Gasteiger partial charge in [0, 0.05) is 12.8 Å². The van der Waals surface area contributed by atoms with Crippen molar-refractivity contribution in [2.75, 3.05) is 13.2 Å². The first-order valence-corrected chi connectivity index (χ1v) is 22.1. The minimum Gasteiger partial charge on any atom is -0.493 e. The van der Waals surface area contributed by atoms with Gasteiger partial charge in [0.1, 0.15) is 5.75 Å². The van der Waals surface area contributed by atoms with Gasteiger partial charge in [0.05, 0.1) is 19.4 Å². The van der Waals surface area contributed by atoms with E-state index in [1.807, 2.05) is 12.1 Å². The van der Waals surface area contributed by atoms with Crippen molar-refractivity contribution in [1.82, 2.24) is 0 Å². The van der Waals surface area contributed by atoms with Crippen molar-refractivity contribution in [3.63, 3.8) is 0 Å². The van der Waals surface area contributed by atoms with E-state index in [9.17, 15) is 9.46 Å². The predicted octanol–water partition coefficient (Wildman–Crippen LogP) is 13.8. The molecule has 1 unspecified atom stereocenters. The van der Waals surface area contributed by atoms with Crippen molar-refractivity contribution in [3.05, 3.63) is 101 Å². The first-order chi connectivity index (χ1) is 24.5. The van der Waals surface area contributed by atoms with E-state index < -0.39 is 7.60 Å². The summed E-state index contributed by atoms with van der Waals surface area (Å²) in [6.45, 7) is 5.54. The third kappa shape index (κ3) is 18.7. The molecule has 0 radical (unpaired) electrons. The summed E-state index contributed by atoms with van der Waals surface area (Å²) in [6, 6.07) is 25.1. The van der Waals surface area contributed by atoms with Crippen molar-refractivity contribution in [2.45, 2.75) is 161 Å². The molecule has 3 aromatic rings. The molecule has 0 saturated carbocycles. The molecule has 4 nitrogen and oxygen atoms in total. The first kappa shape index (κ1) is 42.0. The Kier molecular flexibility index (Phi) is 22.2. The Labute approximate surface area is 306 Å². The molecule has 0 aliphatic carbocycles. The van der Waals surface area contributed by atoms with E-state index in [1.54, 1.807) is 0 Å². The molecule has 0 fully saturated rings. The van der Waals surface area contributed by atoms with Crippen molar-refractivity contribution < 1.29 is 18.7 Å². The van der Waals surface area contributed by atoms with Crippen LogP contribution in [0, 0.1) is 0 Å². The van der Waals surface area contributed by atoms with Crippen LogP contribution in [-0.4, -0.2) is 18.1 Å². The second-order valence-electron chi connectivity index (χ2n) is 14.4. The number of ether oxygens (including phenoxy) is 1. The Morgan fingerprint density at radius 2 is 0.880 bits per heavy atom.